The van der Waals surface area contributed by atoms with E-state index in [-0.39, 0.29) is 29.6 Å². The first kappa shape index (κ1) is 15.5. The van der Waals surface area contributed by atoms with Crippen LogP contribution in [0.2, 0.25) is 0 Å². The molecule has 18 heavy (non-hydrogen) atoms. The molecule has 0 radical (unpaired) electrons. The average Bonchev–Trinajstić information content (AvgIpc) is 2.58. The van der Waals surface area contributed by atoms with Crippen LogP contribution in [0.3, 0.4) is 0 Å². The van der Waals surface area contributed by atoms with Crippen molar-refractivity contribution in [2.24, 2.45) is 0 Å². The first-order valence-electron chi connectivity index (χ1n) is 4.89. The first-order valence-corrected chi connectivity index (χ1v) is 6.22. The molecule has 6 nitrogen and oxygen atoms in total. The molecule has 8 heteroatoms. The van der Waals surface area contributed by atoms with Crippen molar-refractivity contribution in [1.82, 2.24) is 5.43 Å². The molecular weight excluding hydrogens is 267 g/mol. The van der Waals surface area contributed by atoms with Crippen LogP contribution in [0.25, 0.3) is 0 Å². The van der Waals surface area contributed by atoms with Crippen LogP contribution in [-0.4, -0.2) is 19.2 Å². The number of nitrogens with zero attached hydrogens (tertiary/aromatic N) is 1. The predicted octanol–water partition coefficient (Wildman–Crippen LogP) is -2.28. The normalized spacial score (nSPS) is 18.9. The van der Waals surface area contributed by atoms with E-state index in [1.807, 2.05) is 6.07 Å². The van der Waals surface area contributed by atoms with Gasteiger partial charge in [-0.2, -0.15) is 0 Å². The molecule has 0 aromatic heterocycles. The molecule has 1 heterocycles. The Kier molecular flexibility index (Phi) is 5.20. The summed E-state index contributed by atoms with van der Waals surface area (Å²) >= 11 is 0. The number of hydrogen-bond acceptors (Lipinski definition) is 6. The Morgan fingerprint density at radius 1 is 1.33 bits per heavy atom. The van der Waals surface area contributed by atoms with E-state index in [9.17, 15) is 13.0 Å². The van der Waals surface area contributed by atoms with Crippen LogP contribution in [0.15, 0.2) is 42.1 Å². The van der Waals surface area contributed by atoms with Crippen molar-refractivity contribution in [3.8, 4) is 0 Å². The molecule has 0 bridgehead atoms. The van der Waals surface area contributed by atoms with Gasteiger partial charge in [-0.1, -0.05) is 18.2 Å². The molecule has 1 N–H and O–H groups in total. The molecule has 1 aliphatic heterocycles. The van der Waals surface area contributed by atoms with Crippen molar-refractivity contribution in [3.63, 3.8) is 0 Å². The fraction of sp³-hybridized carbons (Fsp3) is 0.200. The van der Waals surface area contributed by atoms with Crippen molar-refractivity contribution < 1.29 is 46.7 Å². The van der Waals surface area contributed by atoms with Crippen LogP contribution in [0, 0.1) is 0 Å². The fourth-order valence-electron chi connectivity index (χ4n) is 1.57. The minimum atomic E-state index is -4.75. The maximum Gasteiger partial charge on any atom is 1.00 e. The molecule has 1 aliphatic rings. The van der Waals surface area contributed by atoms with E-state index in [0.717, 1.165) is 0 Å². The zero-order valence-corrected chi connectivity index (χ0v) is 12.8. The Morgan fingerprint density at radius 3 is 2.50 bits per heavy atom. The predicted molar refractivity (Wildman–Crippen MR) is 60.4 cm³/mol. The van der Waals surface area contributed by atoms with Crippen LogP contribution >= 0.6 is 0 Å². The Morgan fingerprint density at radius 2 is 1.94 bits per heavy atom. The Balaban J connectivity index is 0.00000162. The number of rotatable bonds is 3. The molecule has 2 rings (SSSR count). The van der Waals surface area contributed by atoms with Crippen molar-refractivity contribution in [2.75, 3.05) is 5.01 Å². The zero-order valence-electron chi connectivity index (χ0n) is 10.0. The average molecular weight is 278 g/mol. The smallest absolute Gasteiger partial charge is 0.725 e. The third-order valence-electron chi connectivity index (χ3n) is 2.19. The molecule has 1 aromatic carbocycles. The van der Waals surface area contributed by atoms with E-state index in [0.29, 0.717) is 11.4 Å². The Labute approximate surface area is 128 Å². The quantitative estimate of drug-likeness (QED) is 0.381. The van der Waals surface area contributed by atoms with Gasteiger partial charge in [-0.15, -0.1) is 0 Å². The number of benzene rings is 1. The molecular formula is C10H11N2NaO4S. The Hall–Kier alpha value is -0.570. The summed E-state index contributed by atoms with van der Waals surface area (Å²) in [5.74, 6) is 0. The number of para-hydroxylation sites is 1. The topological polar surface area (TPSA) is 81.7 Å². The standard InChI is InChI=1S/C10H12N2O4S.Na/c1-8-7-10(16-17(13,14)15)12(11-8)9-5-3-2-4-6-9;/h2-7,10-11H,1H3,(H,13,14,15);/q;+1/p-1. The molecule has 0 saturated carbocycles. The summed E-state index contributed by atoms with van der Waals surface area (Å²) in [5, 5.41) is 1.46. The summed E-state index contributed by atoms with van der Waals surface area (Å²) < 4.78 is 36.3. The van der Waals surface area contributed by atoms with Crippen LogP contribution in [-0.2, 0) is 14.6 Å². The molecule has 0 amide bonds. The third kappa shape index (κ3) is 3.98. The van der Waals surface area contributed by atoms with Crippen molar-refractivity contribution in [3.05, 3.63) is 42.1 Å². The summed E-state index contributed by atoms with van der Waals surface area (Å²) in [7, 11) is -4.75. The van der Waals surface area contributed by atoms with Gasteiger partial charge in [-0.05, 0) is 25.1 Å². The molecule has 0 fully saturated rings. The molecule has 92 valence electrons. The van der Waals surface area contributed by atoms with Crippen LogP contribution in [0.5, 0.6) is 0 Å². The van der Waals surface area contributed by atoms with E-state index in [1.54, 1.807) is 31.2 Å². The van der Waals surface area contributed by atoms with E-state index < -0.39 is 16.6 Å². The largest absolute Gasteiger partial charge is 1.00 e. The van der Waals surface area contributed by atoms with E-state index >= 15 is 0 Å². The maximum absolute atomic E-state index is 10.6. The second-order valence-electron chi connectivity index (χ2n) is 3.56. The monoisotopic (exact) mass is 278 g/mol. The summed E-state index contributed by atoms with van der Waals surface area (Å²) in [6, 6.07) is 8.97. The second-order valence-corrected chi connectivity index (χ2v) is 4.57. The van der Waals surface area contributed by atoms with Gasteiger partial charge >= 0.3 is 29.6 Å². The number of allylic oxidation sites excluding steroid dienone is 1. The third-order valence-corrected chi connectivity index (χ3v) is 2.63. The minimum absolute atomic E-state index is 0. The van der Waals surface area contributed by atoms with Crippen LogP contribution in [0.4, 0.5) is 5.69 Å². The molecule has 1 aromatic rings. The van der Waals surface area contributed by atoms with Crippen LogP contribution < -0.4 is 40.0 Å². The summed E-state index contributed by atoms with van der Waals surface area (Å²) in [6.07, 6.45) is 0.558. The van der Waals surface area contributed by atoms with E-state index in [2.05, 4.69) is 9.61 Å². The first-order chi connectivity index (χ1) is 7.96. The van der Waals surface area contributed by atoms with E-state index in [4.69, 9.17) is 0 Å². The molecule has 1 unspecified atom stereocenters. The van der Waals surface area contributed by atoms with Gasteiger partial charge in [0.1, 0.15) is 0 Å². The molecule has 1 atom stereocenters. The van der Waals surface area contributed by atoms with Gasteiger partial charge < -0.3 is 9.98 Å². The second kappa shape index (κ2) is 6.05. The molecule has 0 spiro atoms. The van der Waals surface area contributed by atoms with Crippen molar-refractivity contribution >= 4 is 16.1 Å². The van der Waals surface area contributed by atoms with Crippen molar-refractivity contribution in [1.29, 1.82) is 0 Å². The molecule has 0 aliphatic carbocycles. The summed E-state index contributed by atoms with van der Waals surface area (Å²) in [6.45, 7) is 1.75. The fourth-order valence-corrected chi connectivity index (χ4v) is 1.95. The van der Waals surface area contributed by atoms with E-state index in [1.165, 1.54) is 11.1 Å². The Bertz CT molecular complexity index is 532. The number of hydrogen-bond donors (Lipinski definition) is 1. The summed E-state index contributed by atoms with van der Waals surface area (Å²) in [5.41, 5.74) is 4.32. The SMILES string of the molecule is CC1=CC(OS(=O)(=O)[O-])N(c2ccccc2)N1.[Na+]. The van der Waals surface area contributed by atoms with Crippen molar-refractivity contribution in [2.45, 2.75) is 13.2 Å². The molecule has 0 saturated heterocycles. The zero-order chi connectivity index (χ0) is 12.5. The summed E-state index contributed by atoms with van der Waals surface area (Å²) in [4.78, 5) is 0. The van der Waals surface area contributed by atoms with Gasteiger partial charge in [0.2, 0.25) is 10.4 Å². The van der Waals surface area contributed by atoms with Gasteiger partial charge in [-0.25, -0.2) is 12.6 Å². The van der Waals surface area contributed by atoms with Gasteiger partial charge in [0.25, 0.3) is 0 Å². The number of hydrazine groups is 1. The number of anilines is 1. The van der Waals surface area contributed by atoms with Crippen LogP contribution in [0.1, 0.15) is 6.92 Å². The van der Waals surface area contributed by atoms with Gasteiger partial charge in [-0.3, -0.25) is 5.01 Å². The van der Waals surface area contributed by atoms with Gasteiger partial charge in [0, 0.05) is 5.70 Å². The minimum Gasteiger partial charge on any atom is -0.725 e. The number of nitrogens with one attached hydrogen (secondary N) is 1. The van der Waals surface area contributed by atoms with Gasteiger partial charge in [0.05, 0.1) is 5.69 Å². The maximum atomic E-state index is 10.6. The van der Waals surface area contributed by atoms with Gasteiger partial charge in [0.15, 0.2) is 6.23 Å².